The van der Waals surface area contributed by atoms with E-state index in [2.05, 4.69) is 5.32 Å². The van der Waals surface area contributed by atoms with E-state index in [0.29, 0.717) is 25.3 Å². The predicted molar refractivity (Wildman–Crippen MR) is 124 cm³/mol. The van der Waals surface area contributed by atoms with Crippen LogP contribution in [0.15, 0.2) is 72.8 Å². The van der Waals surface area contributed by atoms with Gasteiger partial charge in [-0.1, -0.05) is 36.4 Å². The van der Waals surface area contributed by atoms with Gasteiger partial charge in [-0.05, 0) is 66.9 Å². The average molecular weight is 436 g/mol. The lowest BCUT2D eigenvalue weighted by Crippen LogP contribution is -2.35. The van der Waals surface area contributed by atoms with E-state index < -0.39 is 6.10 Å². The van der Waals surface area contributed by atoms with Gasteiger partial charge in [0.15, 0.2) is 0 Å². The topological polar surface area (TPSA) is 88.0 Å². The number of aliphatic hydroxyl groups is 1. The zero-order valence-corrected chi connectivity index (χ0v) is 18.3. The van der Waals surface area contributed by atoms with Crippen LogP contribution in [-0.4, -0.2) is 42.0 Å². The van der Waals surface area contributed by atoms with Gasteiger partial charge in [-0.3, -0.25) is 0 Å². The third-order valence-electron chi connectivity index (χ3n) is 5.13. The number of aromatic hydroxyl groups is 1. The highest BCUT2D eigenvalue weighted by atomic mass is 16.5. The van der Waals surface area contributed by atoms with E-state index in [9.17, 15) is 15.0 Å². The van der Waals surface area contributed by atoms with Crippen molar-refractivity contribution in [3.63, 3.8) is 0 Å². The zero-order valence-electron chi connectivity index (χ0n) is 18.3. The number of ether oxygens (including phenoxy) is 2. The van der Waals surface area contributed by atoms with E-state index in [0.717, 1.165) is 22.4 Å². The minimum atomic E-state index is -0.676. The Kier molecular flexibility index (Phi) is 8.25. The van der Waals surface area contributed by atoms with Crippen molar-refractivity contribution in [2.24, 2.45) is 0 Å². The summed E-state index contributed by atoms with van der Waals surface area (Å²) in [4.78, 5) is 11.8. The number of phenolic OH excluding ortho intramolecular Hbond substituents is 1. The van der Waals surface area contributed by atoms with Crippen LogP contribution in [0, 0.1) is 0 Å². The number of nitrogens with one attached hydrogen (secondary N) is 1. The molecule has 6 nitrogen and oxygen atoms in total. The van der Waals surface area contributed by atoms with Gasteiger partial charge in [0, 0.05) is 12.6 Å². The van der Waals surface area contributed by atoms with Crippen LogP contribution in [0.2, 0.25) is 0 Å². The van der Waals surface area contributed by atoms with Gasteiger partial charge in [0.1, 0.15) is 18.1 Å². The standard InChI is InChI=1S/C26H29NO5/c1-3-31-26(30)22-6-4-19(5-7-22)20-10-14-24(15-11-20)32-17-16-27-18(2)25(29)21-8-12-23(28)13-9-21/h4-15,18,25,27-29H,3,16-17H2,1-2H3/t18-,25+/m0/s1. The second kappa shape index (κ2) is 11.3. The highest BCUT2D eigenvalue weighted by molar-refractivity contribution is 5.90. The number of phenols is 1. The summed E-state index contributed by atoms with van der Waals surface area (Å²) in [6.45, 7) is 5.08. The number of rotatable bonds is 10. The molecule has 3 aromatic rings. The minimum Gasteiger partial charge on any atom is -0.508 e. The summed E-state index contributed by atoms with van der Waals surface area (Å²) in [5.74, 6) is 0.612. The Bertz CT molecular complexity index is 984. The fourth-order valence-electron chi connectivity index (χ4n) is 3.28. The van der Waals surface area contributed by atoms with Gasteiger partial charge in [0.25, 0.3) is 0 Å². The number of benzene rings is 3. The van der Waals surface area contributed by atoms with Crippen LogP contribution in [0.5, 0.6) is 11.5 Å². The normalized spacial score (nSPS) is 12.7. The van der Waals surface area contributed by atoms with Crippen molar-refractivity contribution >= 4 is 5.97 Å². The summed E-state index contributed by atoms with van der Waals surface area (Å²) in [6, 6.07) is 21.4. The van der Waals surface area contributed by atoms with Crippen LogP contribution in [-0.2, 0) is 4.74 Å². The first kappa shape index (κ1) is 23.3. The lowest BCUT2D eigenvalue weighted by molar-refractivity contribution is 0.0526. The first-order valence-electron chi connectivity index (χ1n) is 10.7. The third kappa shape index (κ3) is 6.33. The Hall–Kier alpha value is -3.35. The zero-order chi connectivity index (χ0) is 22.9. The van der Waals surface area contributed by atoms with Crippen LogP contribution < -0.4 is 10.1 Å². The van der Waals surface area contributed by atoms with E-state index in [-0.39, 0.29) is 17.8 Å². The summed E-state index contributed by atoms with van der Waals surface area (Å²) >= 11 is 0. The number of aliphatic hydroxyl groups excluding tert-OH is 1. The highest BCUT2D eigenvalue weighted by Gasteiger charge is 2.15. The molecular weight excluding hydrogens is 406 g/mol. The summed E-state index contributed by atoms with van der Waals surface area (Å²) in [5.41, 5.74) is 3.31. The fraction of sp³-hybridized carbons (Fsp3) is 0.269. The predicted octanol–water partition coefficient (Wildman–Crippen LogP) is 4.33. The molecule has 0 amide bonds. The molecule has 0 aromatic heterocycles. The van der Waals surface area contributed by atoms with Crippen molar-refractivity contribution in [2.75, 3.05) is 19.8 Å². The second-order valence-electron chi connectivity index (χ2n) is 7.45. The highest BCUT2D eigenvalue weighted by Crippen LogP contribution is 2.23. The molecule has 0 aliphatic rings. The molecule has 3 aromatic carbocycles. The summed E-state index contributed by atoms with van der Waals surface area (Å²) in [6.07, 6.45) is -0.676. The Labute approximate surface area is 188 Å². The SMILES string of the molecule is CCOC(=O)c1ccc(-c2ccc(OCCN[C@@H](C)[C@@H](O)c3ccc(O)cc3)cc2)cc1. The molecule has 0 radical (unpaired) electrons. The molecule has 2 atom stereocenters. The summed E-state index contributed by atoms with van der Waals surface area (Å²) in [5, 5.41) is 23.0. The molecule has 0 fully saturated rings. The Morgan fingerprint density at radius 1 is 0.938 bits per heavy atom. The third-order valence-corrected chi connectivity index (χ3v) is 5.13. The van der Waals surface area contributed by atoms with E-state index in [1.165, 1.54) is 0 Å². The van der Waals surface area contributed by atoms with Gasteiger partial charge < -0.3 is 25.0 Å². The summed E-state index contributed by atoms with van der Waals surface area (Å²) in [7, 11) is 0. The van der Waals surface area contributed by atoms with Crippen LogP contribution in [0.1, 0.15) is 35.9 Å². The maximum atomic E-state index is 11.8. The molecule has 0 aliphatic heterocycles. The van der Waals surface area contributed by atoms with Crippen molar-refractivity contribution < 1.29 is 24.5 Å². The van der Waals surface area contributed by atoms with Crippen LogP contribution >= 0.6 is 0 Å². The Morgan fingerprint density at radius 2 is 1.53 bits per heavy atom. The smallest absolute Gasteiger partial charge is 0.338 e. The van der Waals surface area contributed by atoms with Crippen LogP contribution in [0.25, 0.3) is 11.1 Å². The largest absolute Gasteiger partial charge is 0.508 e. The van der Waals surface area contributed by atoms with Gasteiger partial charge >= 0.3 is 5.97 Å². The Balaban J connectivity index is 1.45. The first-order chi connectivity index (χ1) is 15.5. The van der Waals surface area contributed by atoms with Crippen molar-refractivity contribution in [3.05, 3.63) is 83.9 Å². The molecule has 168 valence electrons. The fourth-order valence-corrected chi connectivity index (χ4v) is 3.28. The molecular formula is C26H29NO5. The molecule has 0 saturated carbocycles. The van der Waals surface area contributed by atoms with Crippen LogP contribution in [0.4, 0.5) is 0 Å². The first-order valence-corrected chi connectivity index (χ1v) is 10.7. The van der Waals surface area contributed by atoms with E-state index in [1.54, 1.807) is 43.3 Å². The lowest BCUT2D eigenvalue weighted by Gasteiger charge is -2.21. The van der Waals surface area contributed by atoms with Crippen LogP contribution in [0.3, 0.4) is 0 Å². The molecule has 32 heavy (non-hydrogen) atoms. The van der Waals surface area contributed by atoms with Gasteiger partial charge in [0.2, 0.25) is 0 Å². The molecule has 0 spiro atoms. The molecule has 6 heteroatoms. The van der Waals surface area contributed by atoms with E-state index in [4.69, 9.17) is 9.47 Å². The molecule has 0 unspecified atom stereocenters. The van der Waals surface area contributed by atoms with Crippen molar-refractivity contribution in [1.82, 2.24) is 5.32 Å². The quantitative estimate of drug-likeness (QED) is 0.325. The molecule has 3 N–H and O–H groups in total. The molecule has 0 heterocycles. The minimum absolute atomic E-state index is 0.164. The average Bonchev–Trinajstić information content (AvgIpc) is 2.82. The molecule has 3 rings (SSSR count). The number of esters is 1. The Morgan fingerprint density at radius 3 is 2.12 bits per heavy atom. The molecule has 0 saturated heterocycles. The number of carbonyl (C=O) groups excluding carboxylic acids is 1. The van der Waals surface area contributed by atoms with Gasteiger partial charge in [0.05, 0.1) is 18.3 Å². The van der Waals surface area contributed by atoms with Crippen molar-refractivity contribution in [3.8, 4) is 22.6 Å². The van der Waals surface area contributed by atoms with Gasteiger partial charge in [-0.2, -0.15) is 0 Å². The van der Waals surface area contributed by atoms with E-state index >= 15 is 0 Å². The number of hydrogen-bond donors (Lipinski definition) is 3. The lowest BCUT2D eigenvalue weighted by atomic mass is 10.0. The van der Waals surface area contributed by atoms with E-state index in [1.807, 2.05) is 43.3 Å². The second-order valence-corrected chi connectivity index (χ2v) is 7.45. The maximum Gasteiger partial charge on any atom is 0.338 e. The summed E-state index contributed by atoms with van der Waals surface area (Å²) < 4.78 is 10.8. The van der Waals surface area contributed by atoms with Gasteiger partial charge in [-0.25, -0.2) is 4.79 Å². The molecule has 0 aliphatic carbocycles. The van der Waals surface area contributed by atoms with Crippen molar-refractivity contribution in [2.45, 2.75) is 26.0 Å². The van der Waals surface area contributed by atoms with Crippen molar-refractivity contribution in [1.29, 1.82) is 0 Å². The maximum absolute atomic E-state index is 11.8. The monoisotopic (exact) mass is 435 g/mol. The van der Waals surface area contributed by atoms with Gasteiger partial charge in [-0.15, -0.1) is 0 Å². The number of carbonyl (C=O) groups is 1. The molecule has 0 bridgehead atoms. The number of hydrogen-bond acceptors (Lipinski definition) is 6.